The molecular formula is C17H17BrClNO2. The van der Waals surface area contributed by atoms with Crippen LogP contribution < -0.4 is 10.1 Å². The molecule has 0 saturated carbocycles. The maximum absolute atomic E-state index is 12.5. The molecule has 0 bridgehead atoms. The zero-order valence-electron chi connectivity index (χ0n) is 12.4. The van der Waals surface area contributed by atoms with E-state index in [0.717, 1.165) is 4.47 Å². The number of carbonyl (C=O) groups is 1. The van der Waals surface area contributed by atoms with Gasteiger partial charge in [-0.15, -0.1) is 0 Å². The molecule has 5 heteroatoms. The van der Waals surface area contributed by atoms with Crippen molar-refractivity contribution in [3.8, 4) is 5.75 Å². The lowest BCUT2D eigenvalue weighted by atomic mass is 10.1. The van der Waals surface area contributed by atoms with Gasteiger partial charge in [-0.2, -0.15) is 0 Å². The maximum Gasteiger partial charge on any atom is 0.259 e. The van der Waals surface area contributed by atoms with Crippen molar-refractivity contribution >= 4 is 39.1 Å². The third kappa shape index (κ3) is 4.75. The van der Waals surface area contributed by atoms with Gasteiger partial charge in [0, 0.05) is 15.2 Å². The molecule has 3 nitrogen and oxygen atoms in total. The molecular weight excluding hydrogens is 366 g/mol. The van der Waals surface area contributed by atoms with Gasteiger partial charge in [0.1, 0.15) is 5.75 Å². The lowest BCUT2D eigenvalue weighted by molar-refractivity contribution is 0.102. The van der Waals surface area contributed by atoms with E-state index in [0.29, 0.717) is 34.5 Å². The van der Waals surface area contributed by atoms with Crippen LogP contribution in [-0.2, 0) is 0 Å². The second kappa shape index (κ2) is 7.65. The van der Waals surface area contributed by atoms with Gasteiger partial charge in [-0.25, -0.2) is 0 Å². The highest BCUT2D eigenvalue weighted by atomic mass is 79.9. The summed E-state index contributed by atoms with van der Waals surface area (Å²) in [4.78, 5) is 12.5. The van der Waals surface area contributed by atoms with Crippen molar-refractivity contribution < 1.29 is 9.53 Å². The van der Waals surface area contributed by atoms with Crippen molar-refractivity contribution in [3.63, 3.8) is 0 Å². The topological polar surface area (TPSA) is 38.3 Å². The molecule has 0 unspecified atom stereocenters. The predicted molar refractivity (Wildman–Crippen MR) is 93.9 cm³/mol. The Balaban J connectivity index is 2.20. The van der Waals surface area contributed by atoms with Crippen LogP contribution >= 0.6 is 27.5 Å². The number of hydrogen-bond acceptors (Lipinski definition) is 2. The molecule has 2 aromatic rings. The molecule has 0 spiro atoms. The van der Waals surface area contributed by atoms with Crippen LogP contribution in [0.25, 0.3) is 0 Å². The van der Waals surface area contributed by atoms with Crippen LogP contribution in [0.3, 0.4) is 0 Å². The Morgan fingerprint density at radius 3 is 2.55 bits per heavy atom. The highest BCUT2D eigenvalue weighted by molar-refractivity contribution is 9.10. The number of rotatable bonds is 5. The molecule has 2 rings (SSSR count). The first-order chi connectivity index (χ1) is 10.5. The Morgan fingerprint density at radius 1 is 1.23 bits per heavy atom. The van der Waals surface area contributed by atoms with Crippen LogP contribution in [0, 0.1) is 5.92 Å². The number of benzene rings is 2. The van der Waals surface area contributed by atoms with Gasteiger partial charge in [-0.05, 0) is 48.4 Å². The third-order valence-electron chi connectivity index (χ3n) is 2.86. The summed E-state index contributed by atoms with van der Waals surface area (Å²) < 4.78 is 6.55. The smallest absolute Gasteiger partial charge is 0.259 e. The normalized spacial score (nSPS) is 10.6. The van der Waals surface area contributed by atoms with Crippen molar-refractivity contribution in [1.82, 2.24) is 0 Å². The van der Waals surface area contributed by atoms with Gasteiger partial charge in [-0.3, -0.25) is 4.79 Å². The highest BCUT2D eigenvalue weighted by Crippen LogP contribution is 2.25. The van der Waals surface area contributed by atoms with E-state index in [-0.39, 0.29) is 5.91 Å². The second-order valence-electron chi connectivity index (χ2n) is 5.31. The highest BCUT2D eigenvalue weighted by Gasteiger charge is 2.14. The van der Waals surface area contributed by atoms with Crippen molar-refractivity contribution in [2.75, 3.05) is 11.9 Å². The van der Waals surface area contributed by atoms with E-state index in [4.69, 9.17) is 16.3 Å². The fraction of sp³-hybridized carbons (Fsp3) is 0.235. The van der Waals surface area contributed by atoms with E-state index in [1.807, 2.05) is 6.07 Å². The molecule has 1 N–H and O–H groups in total. The second-order valence-corrected chi connectivity index (χ2v) is 6.66. The fourth-order valence-corrected chi connectivity index (χ4v) is 2.28. The molecule has 116 valence electrons. The molecule has 0 radical (unpaired) electrons. The predicted octanol–water partition coefficient (Wildman–Crippen LogP) is 5.39. The Kier molecular flexibility index (Phi) is 5.86. The molecule has 0 aliphatic heterocycles. The molecule has 0 aliphatic rings. The van der Waals surface area contributed by atoms with Gasteiger partial charge < -0.3 is 10.1 Å². The Labute approximate surface area is 143 Å². The standard InChI is InChI=1S/C17H17BrClNO2/c1-11(2)10-22-16-8-3-12(18)9-15(16)17(21)20-14-6-4-13(19)5-7-14/h3-9,11H,10H2,1-2H3,(H,20,21). The minimum Gasteiger partial charge on any atom is -0.492 e. The summed E-state index contributed by atoms with van der Waals surface area (Å²) in [5, 5.41) is 3.47. The first kappa shape index (κ1) is 16.8. The summed E-state index contributed by atoms with van der Waals surface area (Å²) >= 11 is 9.23. The Bertz CT molecular complexity index is 656. The summed E-state index contributed by atoms with van der Waals surface area (Å²) in [6, 6.07) is 12.4. The number of amides is 1. The van der Waals surface area contributed by atoms with Gasteiger partial charge in [0.25, 0.3) is 5.91 Å². The summed E-state index contributed by atoms with van der Waals surface area (Å²) in [5.74, 6) is 0.738. The van der Waals surface area contributed by atoms with E-state index >= 15 is 0 Å². The van der Waals surface area contributed by atoms with Crippen LogP contribution in [0.4, 0.5) is 5.69 Å². The average Bonchev–Trinajstić information content (AvgIpc) is 2.48. The van der Waals surface area contributed by atoms with Crippen molar-refractivity contribution in [2.24, 2.45) is 5.92 Å². The molecule has 0 fully saturated rings. The van der Waals surface area contributed by atoms with Crippen molar-refractivity contribution in [3.05, 3.63) is 57.5 Å². The zero-order valence-corrected chi connectivity index (χ0v) is 14.7. The van der Waals surface area contributed by atoms with E-state index < -0.39 is 0 Å². The molecule has 22 heavy (non-hydrogen) atoms. The fourth-order valence-electron chi connectivity index (χ4n) is 1.79. The molecule has 0 atom stereocenters. The number of ether oxygens (including phenoxy) is 1. The molecule has 0 aliphatic carbocycles. The van der Waals surface area contributed by atoms with Crippen LogP contribution in [0.1, 0.15) is 24.2 Å². The Hall–Kier alpha value is -1.52. The first-order valence-electron chi connectivity index (χ1n) is 6.95. The summed E-state index contributed by atoms with van der Waals surface area (Å²) in [6.45, 7) is 4.68. The minimum absolute atomic E-state index is 0.220. The summed E-state index contributed by atoms with van der Waals surface area (Å²) in [5.41, 5.74) is 1.18. The van der Waals surface area contributed by atoms with Crippen molar-refractivity contribution in [1.29, 1.82) is 0 Å². The quantitative estimate of drug-likeness (QED) is 0.753. The van der Waals surface area contributed by atoms with Gasteiger partial charge >= 0.3 is 0 Å². The van der Waals surface area contributed by atoms with Crippen LogP contribution in [0.5, 0.6) is 5.75 Å². The van der Waals surface area contributed by atoms with Gasteiger partial charge in [-0.1, -0.05) is 41.4 Å². The van der Waals surface area contributed by atoms with Crippen molar-refractivity contribution in [2.45, 2.75) is 13.8 Å². The number of nitrogens with one attached hydrogen (secondary N) is 1. The molecule has 0 saturated heterocycles. The SMILES string of the molecule is CC(C)COc1ccc(Br)cc1C(=O)Nc1ccc(Cl)cc1. The maximum atomic E-state index is 12.5. The number of anilines is 1. The lowest BCUT2D eigenvalue weighted by Crippen LogP contribution is -2.15. The lowest BCUT2D eigenvalue weighted by Gasteiger charge is -2.13. The first-order valence-corrected chi connectivity index (χ1v) is 8.12. The molecule has 1 amide bonds. The van der Waals surface area contributed by atoms with Crippen LogP contribution in [0.2, 0.25) is 5.02 Å². The Morgan fingerprint density at radius 2 is 1.91 bits per heavy atom. The molecule has 0 aromatic heterocycles. The van der Waals surface area contributed by atoms with E-state index in [9.17, 15) is 4.79 Å². The molecule has 0 heterocycles. The van der Waals surface area contributed by atoms with Crippen LogP contribution in [0.15, 0.2) is 46.9 Å². The van der Waals surface area contributed by atoms with Crippen LogP contribution in [-0.4, -0.2) is 12.5 Å². The largest absolute Gasteiger partial charge is 0.492 e. The van der Waals surface area contributed by atoms with E-state index in [1.165, 1.54) is 0 Å². The summed E-state index contributed by atoms with van der Waals surface area (Å²) in [7, 11) is 0. The minimum atomic E-state index is -0.220. The van der Waals surface area contributed by atoms with E-state index in [1.54, 1.807) is 36.4 Å². The van der Waals surface area contributed by atoms with E-state index in [2.05, 4.69) is 35.1 Å². The van der Waals surface area contributed by atoms with Gasteiger partial charge in [0.2, 0.25) is 0 Å². The third-order valence-corrected chi connectivity index (χ3v) is 3.61. The number of halogens is 2. The van der Waals surface area contributed by atoms with Gasteiger partial charge in [0.05, 0.1) is 12.2 Å². The monoisotopic (exact) mass is 381 g/mol. The number of carbonyl (C=O) groups excluding carboxylic acids is 1. The molecule has 2 aromatic carbocycles. The zero-order chi connectivity index (χ0) is 16.1. The average molecular weight is 383 g/mol. The van der Waals surface area contributed by atoms with Gasteiger partial charge in [0.15, 0.2) is 0 Å². The summed E-state index contributed by atoms with van der Waals surface area (Å²) in [6.07, 6.45) is 0. The number of hydrogen-bond donors (Lipinski definition) is 1.